The smallest absolute Gasteiger partial charge is 0.261 e. The highest BCUT2D eigenvalue weighted by Crippen LogP contribution is 2.29. The Balaban J connectivity index is 1.48. The van der Waals surface area contributed by atoms with E-state index in [0.717, 1.165) is 25.0 Å². The minimum absolute atomic E-state index is 0.104. The molecular formula is C21H22ClFN2O5S. The van der Waals surface area contributed by atoms with Gasteiger partial charge in [0, 0.05) is 24.7 Å². The summed E-state index contributed by atoms with van der Waals surface area (Å²) in [6.45, 7) is 2.20. The van der Waals surface area contributed by atoms with Gasteiger partial charge in [-0.25, -0.2) is 12.8 Å². The average molecular weight is 469 g/mol. The number of piperidine rings is 1. The van der Waals surface area contributed by atoms with Gasteiger partial charge in [-0.3, -0.25) is 9.52 Å². The van der Waals surface area contributed by atoms with Crippen LogP contribution < -0.4 is 4.72 Å². The molecule has 2 aliphatic rings. The molecule has 2 fully saturated rings. The van der Waals surface area contributed by atoms with Gasteiger partial charge in [-0.15, -0.1) is 0 Å². The van der Waals surface area contributed by atoms with E-state index >= 15 is 0 Å². The minimum Gasteiger partial charge on any atom is -0.350 e. The molecule has 2 heterocycles. The van der Waals surface area contributed by atoms with Crippen molar-refractivity contribution in [2.75, 3.05) is 31.0 Å². The Kier molecular flexibility index (Phi) is 6.47. The van der Waals surface area contributed by atoms with Gasteiger partial charge in [0.25, 0.3) is 15.9 Å². The highest BCUT2D eigenvalue weighted by atomic mass is 35.5. The van der Waals surface area contributed by atoms with E-state index in [0.29, 0.717) is 26.3 Å². The molecule has 2 aromatic rings. The number of anilines is 1. The molecular weight excluding hydrogens is 447 g/mol. The standard InChI is InChI=1S/C21H22ClFN2O5S/c22-19-6-5-17(31(27,28)24-16-3-1-15(23)2-4-16)13-18(19)20(26)25-9-7-14(8-10-25)21-29-11-12-30-21/h1-6,13-14,21,24H,7-12H2. The number of benzene rings is 2. The topological polar surface area (TPSA) is 84.9 Å². The van der Waals surface area contributed by atoms with E-state index in [4.69, 9.17) is 21.1 Å². The maximum atomic E-state index is 13.1. The third-order valence-electron chi connectivity index (χ3n) is 5.43. The largest absolute Gasteiger partial charge is 0.350 e. The summed E-state index contributed by atoms with van der Waals surface area (Å²) in [6, 6.07) is 8.92. The van der Waals surface area contributed by atoms with Crippen molar-refractivity contribution in [1.82, 2.24) is 4.90 Å². The molecule has 31 heavy (non-hydrogen) atoms. The summed E-state index contributed by atoms with van der Waals surface area (Å²) < 4.78 is 52.0. The van der Waals surface area contributed by atoms with Crippen molar-refractivity contribution < 1.29 is 27.1 Å². The van der Waals surface area contributed by atoms with Crippen molar-refractivity contribution in [2.24, 2.45) is 5.92 Å². The first-order valence-electron chi connectivity index (χ1n) is 9.94. The van der Waals surface area contributed by atoms with E-state index in [1.54, 1.807) is 4.90 Å². The Morgan fingerprint density at radius 3 is 2.35 bits per heavy atom. The summed E-state index contributed by atoms with van der Waals surface area (Å²) in [5.74, 6) is -0.568. The summed E-state index contributed by atoms with van der Waals surface area (Å²) >= 11 is 6.23. The second-order valence-corrected chi connectivity index (χ2v) is 9.58. The fraction of sp³-hybridized carbons (Fsp3) is 0.381. The van der Waals surface area contributed by atoms with Gasteiger partial charge in [0.1, 0.15) is 5.82 Å². The first kappa shape index (κ1) is 22.0. The van der Waals surface area contributed by atoms with Gasteiger partial charge < -0.3 is 14.4 Å². The van der Waals surface area contributed by atoms with Crippen LogP contribution in [0.25, 0.3) is 0 Å². The summed E-state index contributed by atoms with van der Waals surface area (Å²) in [4.78, 5) is 14.6. The highest BCUT2D eigenvalue weighted by Gasteiger charge is 2.32. The maximum Gasteiger partial charge on any atom is 0.261 e. The number of hydrogen-bond donors (Lipinski definition) is 1. The summed E-state index contributed by atoms with van der Waals surface area (Å²) in [7, 11) is -3.98. The Hall–Kier alpha value is -2.20. The minimum atomic E-state index is -3.98. The van der Waals surface area contributed by atoms with Gasteiger partial charge in [0.15, 0.2) is 6.29 Å². The van der Waals surface area contributed by atoms with Crippen molar-refractivity contribution in [1.29, 1.82) is 0 Å². The molecule has 1 N–H and O–H groups in total. The third kappa shape index (κ3) is 5.01. The molecule has 2 aromatic carbocycles. The molecule has 0 saturated carbocycles. The van der Waals surface area contributed by atoms with Crippen LogP contribution in [0.4, 0.5) is 10.1 Å². The molecule has 1 amide bonds. The number of amides is 1. The van der Waals surface area contributed by atoms with Crippen LogP contribution in [-0.2, 0) is 19.5 Å². The van der Waals surface area contributed by atoms with Crippen LogP contribution in [0.5, 0.6) is 0 Å². The number of rotatable bonds is 5. The van der Waals surface area contributed by atoms with E-state index in [2.05, 4.69) is 4.72 Å². The van der Waals surface area contributed by atoms with Gasteiger partial charge in [-0.2, -0.15) is 0 Å². The van der Waals surface area contributed by atoms with Gasteiger partial charge >= 0.3 is 0 Å². The van der Waals surface area contributed by atoms with E-state index < -0.39 is 15.8 Å². The Morgan fingerprint density at radius 2 is 1.71 bits per heavy atom. The Labute approximate surface area is 185 Å². The van der Waals surface area contributed by atoms with Crippen molar-refractivity contribution in [3.63, 3.8) is 0 Å². The molecule has 0 spiro atoms. The monoisotopic (exact) mass is 468 g/mol. The molecule has 2 aliphatic heterocycles. The Bertz CT molecular complexity index is 1050. The predicted octanol–water partition coefficient (Wildman–Crippen LogP) is 3.51. The number of nitrogens with one attached hydrogen (secondary N) is 1. The zero-order chi connectivity index (χ0) is 22.0. The van der Waals surface area contributed by atoms with Gasteiger partial charge in [0.05, 0.1) is 28.7 Å². The van der Waals surface area contributed by atoms with Crippen LogP contribution in [-0.4, -0.2) is 51.8 Å². The molecule has 0 aliphatic carbocycles. The molecule has 166 valence electrons. The predicted molar refractivity (Wildman–Crippen MR) is 113 cm³/mol. The average Bonchev–Trinajstić information content (AvgIpc) is 3.30. The lowest BCUT2D eigenvalue weighted by Crippen LogP contribution is -2.41. The van der Waals surface area contributed by atoms with Crippen LogP contribution in [0.1, 0.15) is 23.2 Å². The molecule has 0 unspecified atom stereocenters. The molecule has 7 nitrogen and oxygen atoms in total. The number of likely N-dealkylation sites (tertiary alicyclic amines) is 1. The quantitative estimate of drug-likeness (QED) is 0.726. The first-order chi connectivity index (χ1) is 14.8. The summed E-state index contributed by atoms with van der Waals surface area (Å²) in [5.41, 5.74) is 0.332. The fourth-order valence-corrected chi connectivity index (χ4v) is 5.04. The van der Waals surface area contributed by atoms with Gasteiger partial charge in [-0.05, 0) is 55.3 Å². The lowest BCUT2D eigenvalue weighted by molar-refractivity contribution is -0.0956. The van der Waals surface area contributed by atoms with Crippen LogP contribution in [0, 0.1) is 11.7 Å². The fourth-order valence-electron chi connectivity index (χ4n) is 3.76. The lowest BCUT2D eigenvalue weighted by atomic mass is 9.95. The van der Waals surface area contributed by atoms with Crippen molar-refractivity contribution in [3.05, 3.63) is 58.9 Å². The van der Waals surface area contributed by atoms with E-state index in [-0.39, 0.29) is 39.3 Å². The van der Waals surface area contributed by atoms with Crippen LogP contribution in [0.15, 0.2) is 47.4 Å². The second-order valence-electron chi connectivity index (χ2n) is 7.49. The number of sulfonamides is 1. The number of nitrogens with zero attached hydrogens (tertiary/aromatic N) is 1. The first-order valence-corrected chi connectivity index (χ1v) is 11.8. The molecule has 2 saturated heterocycles. The zero-order valence-electron chi connectivity index (χ0n) is 16.6. The van der Waals surface area contributed by atoms with E-state index in [9.17, 15) is 17.6 Å². The summed E-state index contributed by atoms with van der Waals surface area (Å²) in [5, 5.41) is 0.176. The third-order valence-corrected chi connectivity index (χ3v) is 7.14. The SMILES string of the molecule is O=C(c1cc(S(=O)(=O)Nc2ccc(F)cc2)ccc1Cl)N1CCC(C2OCCO2)CC1. The van der Waals surface area contributed by atoms with Crippen molar-refractivity contribution in [3.8, 4) is 0 Å². The number of carbonyl (C=O) groups is 1. The van der Waals surface area contributed by atoms with Crippen LogP contribution in [0.2, 0.25) is 5.02 Å². The molecule has 4 rings (SSSR count). The normalized spacial score (nSPS) is 18.3. The Morgan fingerprint density at radius 1 is 1.06 bits per heavy atom. The summed E-state index contributed by atoms with van der Waals surface area (Å²) in [6.07, 6.45) is 1.25. The zero-order valence-corrected chi connectivity index (χ0v) is 18.2. The van der Waals surface area contributed by atoms with E-state index in [1.807, 2.05) is 0 Å². The molecule has 0 radical (unpaired) electrons. The van der Waals surface area contributed by atoms with Crippen molar-refractivity contribution in [2.45, 2.75) is 24.0 Å². The molecule has 0 aromatic heterocycles. The van der Waals surface area contributed by atoms with Gasteiger partial charge in [-0.1, -0.05) is 11.6 Å². The number of carbonyl (C=O) groups excluding carboxylic acids is 1. The molecule has 10 heteroatoms. The molecule has 0 bridgehead atoms. The number of halogens is 2. The number of hydrogen-bond acceptors (Lipinski definition) is 5. The van der Waals surface area contributed by atoms with Crippen molar-refractivity contribution >= 4 is 33.2 Å². The van der Waals surface area contributed by atoms with Gasteiger partial charge in [0.2, 0.25) is 0 Å². The highest BCUT2D eigenvalue weighted by molar-refractivity contribution is 7.92. The maximum absolute atomic E-state index is 13.1. The van der Waals surface area contributed by atoms with Crippen LogP contribution in [0.3, 0.4) is 0 Å². The lowest BCUT2D eigenvalue weighted by Gasteiger charge is -2.34. The van der Waals surface area contributed by atoms with E-state index in [1.165, 1.54) is 30.3 Å². The second kappa shape index (κ2) is 9.12. The molecule has 0 atom stereocenters. The number of ether oxygens (including phenoxy) is 2. The van der Waals surface area contributed by atoms with Crippen LogP contribution >= 0.6 is 11.6 Å².